The summed E-state index contributed by atoms with van der Waals surface area (Å²) in [6.45, 7) is 1.74. The predicted molar refractivity (Wildman–Crippen MR) is 61.3 cm³/mol. The number of nitrogens with zero attached hydrogens (tertiary/aromatic N) is 2. The highest BCUT2D eigenvalue weighted by atomic mass is 16.5. The van der Waals surface area contributed by atoms with Crippen LogP contribution in [0.2, 0.25) is 0 Å². The summed E-state index contributed by atoms with van der Waals surface area (Å²) >= 11 is 0. The number of pyridine rings is 1. The molecule has 0 unspecified atom stereocenters. The smallest absolute Gasteiger partial charge is 0.154 e. The molecule has 0 fully saturated rings. The second-order valence-corrected chi connectivity index (χ2v) is 2.78. The Hall–Kier alpha value is -1.64. The fraction of sp³-hybridized carbons (Fsp3) is 0.455. The minimum absolute atomic E-state index is 0.512. The number of hydrogen-bond acceptors (Lipinski definition) is 5. The maximum atomic E-state index is 8.49. The molecule has 0 aliphatic heterocycles. The monoisotopic (exact) mass is 223 g/mol. The lowest BCUT2D eigenvalue weighted by atomic mass is 10.3. The molecule has 0 aliphatic rings. The molecule has 0 aliphatic carbocycles. The number of nitrogens with one attached hydrogen (secondary N) is 1. The molecular weight excluding hydrogens is 206 g/mol. The van der Waals surface area contributed by atoms with Crippen molar-refractivity contribution in [1.29, 1.82) is 5.26 Å². The molecule has 1 rings (SSSR count). The minimum atomic E-state index is 0.512. The Kier molecular flexibility index (Phi) is 8.88. The lowest BCUT2D eigenvalue weighted by Gasteiger charge is -1.97. The Labute approximate surface area is 96.0 Å². The van der Waals surface area contributed by atoms with Crippen LogP contribution in [0.15, 0.2) is 18.5 Å². The van der Waals surface area contributed by atoms with Crippen LogP contribution in [0.5, 0.6) is 5.75 Å². The number of methoxy groups -OCH3 is 2. The third-order valence-electron chi connectivity index (χ3n) is 1.68. The summed E-state index contributed by atoms with van der Waals surface area (Å²) in [4.78, 5) is 3.79. The zero-order valence-corrected chi connectivity index (χ0v) is 9.86. The first-order chi connectivity index (χ1) is 7.79. The maximum Gasteiger partial charge on any atom is 0.154 e. The number of aromatic nitrogens is 1. The number of nitriles is 1. The zero-order valence-electron chi connectivity index (χ0n) is 9.86. The second kappa shape index (κ2) is 9.90. The van der Waals surface area contributed by atoms with Crippen LogP contribution in [0.25, 0.3) is 0 Å². The van der Waals surface area contributed by atoms with Gasteiger partial charge in [-0.1, -0.05) is 0 Å². The molecule has 0 saturated carbocycles. The first-order valence-electron chi connectivity index (χ1n) is 4.81. The third-order valence-corrected chi connectivity index (χ3v) is 1.68. The van der Waals surface area contributed by atoms with Gasteiger partial charge in [0.1, 0.15) is 6.07 Å². The molecule has 0 atom stereocenters. The largest absolute Gasteiger partial charge is 0.494 e. The van der Waals surface area contributed by atoms with E-state index in [-0.39, 0.29) is 0 Å². The molecule has 1 heterocycles. The Balaban J connectivity index is 0.000000325. The van der Waals surface area contributed by atoms with Gasteiger partial charge in [-0.25, -0.2) is 0 Å². The van der Waals surface area contributed by atoms with Crippen molar-refractivity contribution in [3.05, 3.63) is 24.0 Å². The molecule has 88 valence electrons. The average molecular weight is 223 g/mol. The molecule has 1 aromatic rings. The van der Waals surface area contributed by atoms with E-state index < -0.39 is 0 Å². The Morgan fingerprint density at radius 3 is 2.62 bits per heavy atom. The Morgan fingerprint density at radius 2 is 2.25 bits per heavy atom. The fourth-order valence-electron chi connectivity index (χ4n) is 0.839. The molecule has 1 N–H and O–H groups in total. The molecule has 0 amide bonds. The summed E-state index contributed by atoms with van der Waals surface area (Å²) in [5.74, 6) is 0.519. The molecule has 0 saturated heterocycles. The van der Waals surface area contributed by atoms with Gasteiger partial charge in [0.15, 0.2) is 5.75 Å². The van der Waals surface area contributed by atoms with Crippen molar-refractivity contribution in [2.75, 3.05) is 34.4 Å². The van der Waals surface area contributed by atoms with E-state index in [9.17, 15) is 0 Å². The lowest BCUT2D eigenvalue weighted by molar-refractivity contribution is 0.201. The second-order valence-electron chi connectivity index (χ2n) is 2.78. The van der Waals surface area contributed by atoms with Crippen molar-refractivity contribution >= 4 is 0 Å². The van der Waals surface area contributed by atoms with Crippen molar-refractivity contribution in [1.82, 2.24) is 10.3 Å². The first-order valence-corrected chi connectivity index (χ1v) is 4.81. The van der Waals surface area contributed by atoms with Crippen molar-refractivity contribution < 1.29 is 9.47 Å². The summed E-state index contributed by atoms with van der Waals surface area (Å²) in [5.41, 5.74) is 0.512. The number of hydrogen-bond donors (Lipinski definition) is 1. The van der Waals surface area contributed by atoms with E-state index in [4.69, 9.17) is 14.7 Å². The van der Waals surface area contributed by atoms with Crippen LogP contribution < -0.4 is 10.1 Å². The molecule has 0 aromatic carbocycles. The summed E-state index contributed by atoms with van der Waals surface area (Å²) in [5, 5.41) is 11.4. The SMILES string of the molecule is CNCCOC.COc1cnccc1C#N. The maximum absolute atomic E-state index is 8.49. The van der Waals surface area contributed by atoms with Gasteiger partial charge in [-0.15, -0.1) is 0 Å². The summed E-state index contributed by atoms with van der Waals surface area (Å²) in [6.07, 6.45) is 3.07. The molecular formula is C11H17N3O2. The van der Waals surface area contributed by atoms with E-state index in [2.05, 4.69) is 10.3 Å². The standard InChI is InChI=1S/C7H6N2O.C4H11NO/c1-10-7-5-9-3-2-6(7)4-8;1-5-3-4-6-2/h2-3,5H,1H3;5H,3-4H2,1-2H3. The van der Waals surface area contributed by atoms with Crippen LogP contribution in [0, 0.1) is 11.3 Å². The van der Waals surface area contributed by atoms with Gasteiger partial charge in [0, 0.05) is 19.9 Å². The van der Waals surface area contributed by atoms with Crippen molar-refractivity contribution in [3.63, 3.8) is 0 Å². The summed E-state index contributed by atoms with van der Waals surface area (Å²) in [6, 6.07) is 3.59. The van der Waals surface area contributed by atoms with E-state index in [0.717, 1.165) is 13.2 Å². The molecule has 0 radical (unpaired) electrons. The molecule has 0 bridgehead atoms. The van der Waals surface area contributed by atoms with E-state index in [1.807, 2.05) is 13.1 Å². The highest BCUT2D eigenvalue weighted by Gasteiger charge is 1.97. The third kappa shape index (κ3) is 5.96. The number of ether oxygens (including phenoxy) is 2. The van der Waals surface area contributed by atoms with Crippen LogP contribution >= 0.6 is 0 Å². The molecule has 1 aromatic heterocycles. The highest BCUT2D eigenvalue weighted by molar-refractivity contribution is 5.39. The van der Waals surface area contributed by atoms with Gasteiger partial charge in [-0.3, -0.25) is 4.98 Å². The van der Waals surface area contributed by atoms with Gasteiger partial charge < -0.3 is 14.8 Å². The topological polar surface area (TPSA) is 67.2 Å². The van der Waals surface area contributed by atoms with Gasteiger partial charge in [-0.05, 0) is 13.1 Å². The van der Waals surface area contributed by atoms with Gasteiger partial charge in [0.25, 0.3) is 0 Å². The lowest BCUT2D eigenvalue weighted by Crippen LogP contribution is -2.12. The Morgan fingerprint density at radius 1 is 1.50 bits per heavy atom. The quantitative estimate of drug-likeness (QED) is 0.765. The predicted octanol–water partition coefficient (Wildman–Crippen LogP) is 0.814. The van der Waals surface area contributed by atoms with E-state index >= 15 is 0 Å². The minimum Gasteiger partial charge on any atom is -0.494 e. The van der Waals surface area contributed by atoms with Gasteiger partial charge in [0.05, 0.1) is 25.5 Å². The molecule has 0 spiro atoms. The number of rotatable bonds is 4. The summed E-state index contributed by atoms with van der Waals surface area (Å²) in [7, 11) is 5.11. The zero-order chi connectivity index (χ0) is 12.2. The van der Waals surface area contributed by atoms with Crippen LogP contribution in [0.3, 0.4) is 0 Å². The first kappa shape index (κ1) is 14.4. The van der Waals surface area contributed by atoms with Crippen LogP contribution in [-0.2, 0) is 4.74 Å². The molecule has 5 nitrogen and oxygen atoms in total. The van der Waals surface area contributed by atoms with Crippen molar-refractivity contribution in [2.24, 2.45) is 0 Å². The van der Waals surface area contributed by atoms with E-state index in [1.54, 1.807) is 19.4 Å². The Bertz CT molecular complexity index is 319. The van der Waals surface area contributed by atoms with Crippen molar-refractivity contribution in [3.8, 4) is 11.8 Å². The number of likely N-dealkylation sites (N-methyl/N-ethyl adjacent to an activating group) is 1. The molecule has 16 heavy (non-hydrogen) atoms. The van der Waals surface area contributed by atoms with Crippen LogP contribution in [-0.4, -0.2) is 39.4 Å². The normalized spacial score (nSPS) is 8.62. The molecule has 5 heteroatoms. The summed E-state index contributed by atoms with van der Waals surface area (Å²) < 4.78 is 9.57. The van der Waals surface area contributed by atoms with Crippen molar-refractivity contribution in [2.45, 2.75) is 0 Å². The van der Waals surface area contributed by atoms with E-state index in [1.165, 1.54) is 13.3 Å². The average Bonchev–Trinajstić information content (AvgIpc) is 2.36. The fourth-order valence-corrected chi connectivity index (χ4v) is 0.839. The van der Waals surface area contributed by atoms with Crippen LogP contribution in [0.4, 0.5) is 0 Å². The van der Waals surface area contributed by atoms with Gasteiger partial charge in [-0.2, -0.15) is 5.26 Å². The highest BCUT2D eigenvalue weighted by Crippen LogP contribution is 2.12. The van der Waals surface area contributed by atoms with Gasteiger partial charge >= 0.3 is 0 Å². The van der Waals surface area contributed by atoms with Gasteiger partial charge in [0.2, 0.25) is 0 Å². The van der Waals surface area contributed by atoms with E-state index in [0.29, 0.717) is 11.3 Å². The van der Waals surface area contributed by atoms with Crippen LogP contribution in [0.1, 0.15) is 5.56 Å².